The second-order valence-electron chi connectivity index (χ2n) is 5.91. The first-order valence-corrected chi connectivity index (χ1v) is 8.09. The van der Waals surface area contributed by atoms with Crippen LogP contribution in [-0.2, 0) is 11.2 Å². The third-order valence-electron chi connectivity index (χ3n) is 4.09. The highest BCUT2D eigenvalue weighted by atomic mass is 35.5. The number of halogens is 3. The minimum absolute atomic E-state index is 0. The first-order chi connectivity index (χ1) is 10.6. The van der Waals surface area contributed by atoms with Gasteiger partial charge in [-0.2, -0.15) is 0 Å². The largest absolute Gasteiger partial charge is 0.355 e. The fourth-order valence-corrected chi connectivity index (χ4v) is 2.88. The molecule has 1 saturated carbocycles. The number of carbonyl (C=O) groups excluding carboxylic acids is 1. The smallest absolute Gasteiger partial charge is 0.224 e. The van der Waals surface area contributed by atoms with E-state index in [2.05, 4.69) is 10.6 Å². The minimum Gasteiger partial charge on any atom is -0.355 e. The maximum Gasteiger partial charge on any atom is 0.224 e. The Labute approximate surface area is 142 Å². The van der Waals surface area contributed by atoms with Gasteiger partial charge in [-0.05, 0) is 31.0 Å². The molecule has 0 atom stereocenters. The molecule has 6 heteroatoms. The van der Waals surface area contributed by atoms with E-state index in [-0.39, 0.29) is 30.3 Å². The van der Waals surface area contributed by atoms with Gasteiger partial charge in [-0.1, -0.05) is 25.7 Å². The van der Waals surface area contributed by atoms with Gasteiger partial charge in [-0.15, -0.1) is 12.4 Å². The van der Waals surface area contributed by atoms with Gasteiger partial charge in [0.1, 0.15) is 11.6 Å². The van der Waals surface area contributed by atoms with E-state index in [1.165, 1.54) is 38.5 Å². The van der Waals surface area contributed by atoms with Crippen molar-refractivity contribution in [2.24, 2.45) is 0 Å². The van der Waals surface area contributed by atoms with Crippen molar-refractivity contribution in [3.8, 4) is 0 Å². The molecule has 0 radical (unpaired) electrons. The van der Waals surface area contributed by atoms with Gasteiger partial charge >= 0.3 is 0 Å². The number of amides is 1. The van der Waals surface area contributed by atoms with Gasteiger partial charge in [0.2, 0.25) is 5.91 Å². The summed E-state index contributed by atoms with van der Waals surface area (Å²) < 4.78 is 26.5. The zero-order valence-electron chi connectivity index (χ0n) is 13.2. The predicted molar refractivity (Wildman–Crippen MR) is 89.8 cm³/mol. The lowest BCUT2D eigenvalue weighted by atomic mass is 10.1. The zero-order valence-corrected chi connectivity index (χ0v) is 14.1. The molecule has 2 rings (SSSR count). The van der Waals surface area contributed by atoms with Gasteiger partial charge in [-0.25, -0.2) is 8.78 Å². The standard InChI is InChI=1S/C17H24F2N2O.ClH/c18-14-7-8-16(19)13(11-14)12-17(22)21-10-9-20-15-5-3-1-2-4-6-15;/h7-8,11,15,20H,1-6,9-10,12H2,(H,21,22);1H. The van der Waals surface area contributed by atoms with Crippen molar-refractivity contribution < 1.29 is 13.6 Å². The van der Waals surface area contributed by atoms with Crippen LogP contribution in [0.3, 0.4) is 0 Å². The third kappa shape index (κ3) is 7.27. The van der Waals surface area contributed by atoms with Crippen molar-refractivity contribution in [1.82, 2.24) is 10.6 Å². The molecule has 23 heavy (non-hydrogen) atoms. The molecule has 1 aliphatic rings. The number of nitrogens with one attached hydrogen (secondary N) is 2. The van der Waals surface area contributed by atoms with Crippen LogP contribution in [0.5, 0.6) is 0 Å². The van der Waals surface area contributed by atoms with Crippen LogP contribution in [0, 0.1) is 11.6 Å². The summed E-state index contributed by atoms with van der Waals surface area (Å²) in [6, 6.07) is 3.71. The summed E-state index contributed by atoms with van der Waals surface area (Å²) in [6.07, 6.45) is 7.42. The summed E-state index contributed by atoms with van der Waals surface area (Å²) >= 11 is 0. The number of hydrogen-bond donors (Lipinski definition) is 2. The van der Waals surface area contributed by atoms with Crippen LogP contribution in [0.4, 0.5) is 8.78 Å². The molecule has 1 aliphatic carbocycles. The Morgan fingerprint density at radius 3 is 2.48 bits per heavy atom. The van der Waals surface area contributed by atoms with Crippen LogP contribution in [0.2, 0.25) is 0 Å². The molecule has 0 heterocycles. The predicted octanol–water partition coefficient (Wildman–Crippen LogP) is 3.36. The summed E-state index contributed by atoms with van der Waals surface area (Å²) in [5.74, 6) is -1.36. The summed E-state index contributed by atoms with van der Waals surface area (Å²) in [7, 11) is 0. The molecule has 0 aliphatic heterocycles. The van der Waals surface area contributed by atoms with Gasteiger partial charge in [0.05, 0.1) is 6.42 Å². The maximum atomic E-state index is 13.4. The van der Waals surface area contributed by atoms with Gasteiger partial charge in [-0.3, -0.25) is 4.79 Å². The summed E-state index contributed by atoms with van der Waals surface area (Å²) in [5.41, 5.74) is 0.0919. The Kier molecular flexibility index (Phi) is 9.10. The molecule has 0 bridgehead atoms. The van der Waals surface area contributed by atoms with Gasteiger partial charge in [0.25, 0.3) is 0 Å². The van der Waals surface area contributed by atoms with Crippen molar-refractivity contribution in [2.45, 2.75) is 51.0 Å². The lowest BCUT2D eigenvalue weighted by Gasteiger charge is -2.16. The molecule has 1 aromatic carbocycles. The highest BCUT2D eigenvalue weighted by Gasteiger charge is 2.12. The number of rotatable bonds is 6. The van der Waals surface area contributed by atoms with Crippen molar-refractivity contribution in [1.29, 1.82) is 0 Å². The Morgan fingerprint density at radius 2 is 1.78 bits per heavy atom. The number of hydrogen-bond acceptors (Lipinski definition) is 2. The topological polar surface area (TPSA) is 41.1 Å². The van der Waals surface area contributed by atoms with Crippen LogP contribution in [0.15, 0.2) is 18.2 Å². The Morgan fingerprint density at radius 1 is 1.09 bits per heavy atom. The Hall–Kier alpha value is -1.20. The lowest BCUT2D eigenvalue weighted by molar-refractivity contribution is -0.120. The third-order valence-corrected chi connectivity index (χ3v) is 4.09. The first kappa shape index (κ1) is 19.8. The normalized spacial score (nSPS) is 15.6. The SMILES string of the molecule is Cl.O=C(Cc1cc(F)ccc1F)NCCNC1CCCCCC1. The molecule has 130 valence electrons. The maximum absolute atomic E-state index is 13.4. The van der Waals surface area contributed by atoms with Gasteiger partial charge < -0.3 is 10.6 Å². The molecule has 0 unspecified atom stereocenters. The van der Waals surface area contributed by atoms with Gasteiger partial charge in [0, 0.05) is 24.7 Å². The van der Waals surface area contributed by atoms with Crippen LogP contribution >= 0.6 is 12.4 Å². The van der Waals surface area contributed by atoms with E-state index in [1.54, 1.807) is 0 Å². The highest BCUT2D eigenvalue weighted by Crippen LogP contribution is 2.16. The number of carbonyl (C=O) groups is 1. The van der Waals surface area contributed by atoms with Crippen LogP contribution in [-0.4, -0.2) is 25.0 Å². The Balaban J connectivity index is 0.00000264. The lowest BCUT2D eigenvalue weighted by Crippen LogP contribution is -2.37. The van der Waals surface area contributed by atoms with Crippen molar-refractivity contribution >= 4 is 18.3 Å². The van der Waals surface area contributed by atoms with E-state index in [1.807, 2.05) is 0 Å². The molecular formula is C17H25ClF2N2O. The van der Waals surface area contributed by atoms with Crippen LogP contribution in [0.25, 0.3) is 0 Å². The monoisotopic (exact) mass is 346 g/mol. The molecule has 0 spiro atoms. The zero-order chi connectivity index (χ0) is 15.8. The molecular weight excluding hydrogens is 322 g/mol. The fourth-order valence-electron chi connectivity index (χ4n) is 2.88. The molecule has 2 N–H and O–H groups in total. The highest BCUT2D eigenvalue weighted by molar-refractivity contribution is 5.85. The first-order valence-electron chi connectivity index (χ1n) is 8.09. The van der Waals surface area contributed by atoms with Crippen LogP contribution in [0.1, 0.15) is 44.1 Å². The molecule has 1 fully saturated rings. The van der Waals surface area contributed by atoms with E-state index in [9.17, 15) is 13.6 Å². The summed E-state index contributed by atoms with van der Waals surface area (Å²) in [5, 5.41) is 6.19. The van der Waals surface area contributed by atoms with Crippen molar-refractivity contribution in [3.05, 3.63) is 35.4 Å². The molecule has 0 saturated heterocycles. The number of benzene rings is 1. The van der Waals surface area contributed by atoms with E-state index in [4.69, 9.17) is 0 Å². The quantitative estimate of drug-likeness (QED) is 0.612. The van der Waals surface area contributed by atoms with E-state index in [0.717, 1.165) is 18.2 Å². The van der Waals surface area contributed by atoms with Crippen molar-refractivity contribution in [2.75, 3.05) is 13.1 Å². The Bertz CT molecular complexity index is 491. The minimum atomic E-state index is -0.548. The van der Waals surface area contributed by atoms with Crippen molar-refractivity contribution in [3.63, 3.8) is 0 Å². The molecule has 1 amide bonds. The average molecular weight is 347 g/mol. The summed E-state index contributed by atoms with van der Waals surface area (Å²) in [4.78, 5) is 11.8. The fraction of sp³-hybridized carbons (Fsp3) is 0.588. The molecule has 1 aromatic rings. The van der Waals surface area contributed by atoms with Crippen LogP contribution < -0.4 is 10.6 Å². The van der Waals surface area contributed by atoms with E-state index < -0.39 is 11.6 Å². The summed E-state index contributed by atoms with van der Waals surface area (Å²) in [6.45, 7) is 1.22. The van der Waals surface area contributed by atoms with E-state index in [0.29, 0.717) is 19.1 Å². The van der Waals surface area contributed by atoms with Gasteiger partial charge in [0.15, 0.2) is 0 Å². The van der Waals surface area contributed by atoms with E-state index >= 15 is 0 Å². The molecule has 0 aromatic heterocycles. The average Bonchev–Trinajstić information content (AvgIpc) is 2.76. The second kappa shape index (κ2) is 10.6. The second-order valence-corrected chi connectivity index (χ2v) is 5.91. The molecule has 3 nitrogen and oxygen atoms in total.